The fraction of sp³-hybridized carbons (Fsp3) is 0.500. The Morgan fingerprint density at radius 2 is 1.76 bits per heavy atom. The monoisotopic (exact) mass is 313 g/mol. The number of amides is 1. The molecule has 0 aromatic heterocycles. The lowest BCUT2D eigenvalue weighted by atomic mass is 10.1. The number of anilines is 1. The molecule has 1 aromatic carbocycles. The van der Waals surface area contributed by atoms with E-state index >= 15 is 0 Å². The molecule has 6 nitrogen and oxygen atoms in total. The van der Waals surface area contributed by atoms with Crippen molar-refractivity contribution in [2.24, 2.45) is 0 Å². The average molecular weight is 313 g/mol. The van der Waals surface area contributed by atoms with Gasteiger partial charge in [0.05, 0.1) is 11.8 Å². The Hall–Kier alpha value is -1.60. The molecule has 1 rings (SSSR count). The van der Waals surface area contributed by atoms with Gasteiger partial charge in [0.1, 0.15) is 0 Å². The van der Waals surface area contributed by atoms with Gasteiger partial charge in [0.15, 0.2) is 0 Å². The van der Waals surface area contributed by atoms with Gasteiger partial charge in [-0.25, -0.2) is 13.1 Å². The van der Waals surface area contributed by atoms with Crippen molar-refractivity contribution in [2.75, 3.05) is 5.73 Å². The molecule has 7 heteroatoms. The van der Waals surface area contributed by atoms with E-state index < -0.39 is 21.6 Å². The van der Waals surface area contributed by atoms with Crippen molar-refractivity contribution in [3.05, 3.63) is 29.8 Å². The van der Waals surface area contributed by atoms with E-state index in [0.29, 0.717) is 11.3 Å². The second-order valence-electron chi connectivity index (χ2n) is 6.08. The van der Waals surface area contributed by atoms with Gasteiger partial charge in [-0.1, -0.05) is 12.1 Å². The number of nitrogens with one attached hydrogen (secondary N) is 2. The molecule has 1 amide bonds. The van der Waals surface area contributed by atoms with E-state index in [0.717, 1.165) is 0 Å². The first-order valence-electron chi connectivity index (χ1n) is 6.65. The maximum atomic E-state index is 12.0. The highest BCUT2D eigenvalue weighted by molar-refractivity contribution is 7.88. The first-order valence-corrected chi connectivity index (χ1v) is 8.30. The normalized spacial score (nSPS) is 13.7. The topological polar surface area (TPSA) is 101 Å². The number of nitrogen functional groups attached to an aromatic ring is 1. The van der Waals surface area contributed by atoms with Crippen LogP contribution in [0.25, 0.3) is 0 Å². The molecule has 0 aliphatic rings. The summed E-state index contributed by atoms with van der Waals surface area (Å²) in [6.07, 6.45) is 0. The Bertz CT molecular complexity index is 589. The first kappa shape index (κ1) is 17.5. The van der Waals surface area contributed by atoms with Crippen molar-refractivity contribution < 1.29 is 13.2 Å². The second-order valence-corrected chi connectivity index (χ2v) is 7.83. The van der Waals surface area contributed by atoms with Crippen LogP contribution < -0.4 is 15.8 Å². The largest absolute Gasteiger partial charge is 0.399 e. The van der Waals surface area contributed by atoms with Gasteiger partial charge in [-0.3, -0.25) is 4.79 Å². The summed E-state index contributed by atoms with van der Waals surface area (Å²) in [6.45, 7) is 7.02. The van der Waals surface area contributed by atoms with Crippen LogP contribution in [0.2, 0.25) is 0 Å². The highest BCUT2D eigenvalue weighted by atomic mass is 32.2. The van der Waals surface area contributed by atoms with Crippen LogP contribution in [-0.4, -0.2) is 25.9 Å². The van der Waals surface area contributed by atoms with Crippen molar-refractivity contribution in [3.8, 4) is 0 Å². The van der Waals surface area contributed by atoms with Crippen LogP contribution in [0, 0.1) is 0 Å². The van der Waals surface area contributed by atoms with Gasteiger partial charge < -0.3 is 11.1 Å². The zero-order valence-corrected chi connectivity index (χ0v) is 13.6. The molecule has 0 aliphatic heterocycles. The third-order valence-corrected chi connectivity index (χ3v) is 4.01. The predicted octanol–water partition coefficient (Wildman–Crippen LogP) is 0.991. The molecular formula is C14H23N3O3S. The van der Waals surface area contributed by atoms with Gasteiger partial charge in [0, 0.05) is 11.2 Å². The predicted molar refractivity (Wildman–Crippen MR) is 84.0 cm³/mol. The number of carbonyl (C=O) groups is 1. The van der Waals surface area contributed by atoms with E-state index in [9.17, 15) is 13.2 Å². The highest BCUT2D eigenvalue weighted by Crippen LogP contribution is 2.09. The average Bonchev–Trinajstić information content (AvgIpc) is 2.29. The van der Waals surface area contributed by atoms with E-state index in [1.165, 1.54) is 6.92 Å². The summed E-state index contributed by atoms with van der Waals surface area (Å²) in [5.41, 5.74) is 6.33. The van der Waals surface area contributed by atoms with Crippen molar-refractivity contribution in [1.29, 1.82) is 0 Å². The van der Waals surface area contributed by atoms with Gasteiger partial charge >= 0.3 is 0 Å². The van der Waals surface area contributed by atoms with E-state index in [4.69, 9.17) is 5.73 Å². The van der Waals surface area contributed by atoms with Gasteiger partial charge in [0.25, 0.3) is 0 Å². The van der Waals surface area contributed by atoms with Gasteiger partial charge in [-0.05, 0) is 45.4 Å². The molecule has 118 valence electrons. The van der Waals surface area contributed by atoms with E-state index in [1.54, 1.807) is 24.3 Å². The lowest BCUT2D eigenvalue weighted by molar-refractivity contribution is -0.123. The molecule has 0 saturated carbocycles. The summed E-state index contributed by atoms with van der Waals surface area (Å²) in [4.78, 5) is 11.9. The minimum atomic E-state index is -3.60. The number of nitrogens with two attached hydrogens (primary N) is 1. The molecule has 1 aromatic rings. The summed E-state index contributed by atoms with van der Waals surface area (Å²) in [5.74, 6) is -0.552. The SMILES string of the molecule is CC(NS(=O)(=O)Cc1ccc(N)cc1)C(=O)NC(C)(C)C. The van der Waals surface area contributed by atoms with Gasteiger partial charge in [-0.2, -0.15) is 0 Å². The Kier molecular flexibility index (Phi) is 5.36. The molecule has 0 saturated heterocycles. The molecule has 4 N–H and O–H groups in total. The molecular weight excluding hydrogens is 290 g/mol. The molecule has 0 bridgehead atoms. The van der Waals surface area contributed by atoms with E-state index in [2.05, 4.69) is 10.0 Å². The molecule has 0 fully saturated rings. The highest BCUT2D eigenvalue weighted by Gasteiger charge is 2.23. The minimum Gasteiger partial charge on any atom is -0.399 e. The Morgan fingerprint density at radius 1 is 1.24 bits per heavy atom. The fourth-order valence-corrected chi connectivity index (χ4v) is 3.04. The van der Waals surface area contributed by atoms with Gasteiger partial charge in [-0.15, -0.1) is 0 Å². The quantitative estimate of drug-likeness (QED) is 0.706. The summed E-state index contributed by atoms with van der Waals surface area (Å²) >= 11 is 0. The maximum Gasteiger partial charge on any atom is 0.238 e. The molecule has 1 atom stereocenters. The maximum absolute atomic E-state index is 12.0. The fourth-order valence-electron chi connectivity index (χ4n) is 1.68. The number of hydrogen-bond donors (Lipinski definition) is 3. The van der Waals surface area contributed by atoms with Crippen molar-refractivity contribution >= 4 is 21.6 Å². The van der Waals surface area contributed by atoms with Crippen molar-refractivity contribution in [1.82, 2.24) is 10.0 Å². The first-order chi connectivity index (χ1) is 9.48. The van der Waals surface area contributed by atoms with Gasteiger partial charge in [0.2, 0.25) is 15.9 Å². The lowest BCUT2D eigenvalue weighted by Crippen LogP contribution is -2.50. The summed E-state index contributed by atoms with van der Waals surface area (Å²) in [7, 11) is -3.60. The molecule has 0 radical (unpaired) electrons. The third-order valence-electron chi connectivity index (χ3n) is 2.58. The van der Waals surface area contributed by atoms with Crippen molar-refractivity contribution in [2.45, 2.75) is 45.0 Å². The third kappa shape index (κ3) is 6.59. The second kappa shape index (κ2) is 6.44. The number of benzene rings is 1. The van der Waals surface area contributed by atoms with Crippen LogP contribution in [0.3, 0.4) is 0 Å². The standard InChI is InChI=1S/C14H23N3O3S/c1-10(13(18)16-14(2,3)4)17-21(19,20)9-11-5-7-12(15)8-6-11/h5-8,10,17H,9,15H2,1-4H3,(H,16,18). The molecule has 1 unspecified atom stereocenters. The van der Waals surface area contributed by atoms with Crippen LogP contribution in [0.5, 0.6) is 0 Å². The van der Waals surface area contributed by atoms with Crippen LogP contribution in [-0.2, 0) is 20.6 Å². The Labute approximate surface area is 126 Å². The van der Waals surface area contributed by atoms with E-state index in [1.807, 2.05) is 20.8 Å². The zero-order valence-electron chi connectivity index (χ0n) is 12.8. The van der Waals surface area contributed by atoms with E-state index in [-0.39, 0.29) is 11.7 Å². The summed E-state index contributed by atoms with van der Waals surface area (Å²) in [6, 6.07) is 5.74. The van der Waals surface area contributed by atoms with Crippen molar-refractivity contribution in [3.63, 3.8) is 0 Å². The zero-order chi connectivity index (χ0) is 16.3. The van der Waals surface area contributed by atoms with Crippen LogP contribution in [0.15, 0.2) is 24.3 Å². The number of rotatable bonds is 5. The molecule has 0 spiro atoms. The molecule has 21 heavy (non-hydrogen) atoms. The summed E-state index contributed by atoms with van der Waals surface area (Å²) in [5, 5.41) is 2.73. The summed E-state index contributed by atoms with van der Waals surface area (Å²) < 4.78 is 26.5. The molecule has 0 aliphatic carbocycles. The smallest absolute Gasteiger partial charge is 0.238 e. The van der Waals surface area contributed by atoms with Crippen LogP contribution in [0.1, 0.15) is 33.3 Å². The Balaban J connectivity index is 2.67. The minimum absolute atomic E-state index is 0.194. The number of sulfonamides is 1. The Morgan fingerprint density at radius 3 is 2.24 bits per heavy atom. The number of carbonyl (C=O) groups excluding carboxylic acids is 1. The molecule has 0 heterocycles. The lowest BCUT2D eigenvalue weighted by Gasteiger charge is -2.23. The number of hydrogen-bond acceptors (Lipinski definition) is 4. The van der Waals surface area contributed by atoms with Crippen LogP contribution in [0.4, 0.5) is 5.69 Å². The van der Waals surface area contributed by atoms with Crippen LogP contribution >= 0.6 is 0 Å².